The molecular formula is C14H14ClN5O2. The Morgan fingerprint density at radius 1 is 1.27 bits per heavy atom. The van der Waals surface area contributed by atoms with Crippen molar-refractivity contribution in [3.63, 3.8) is 0 Å². The minimum atomic E-state index is -0.289. The summed E-state index contributed by atoms with van der Waals surface area (Å²) in [5, 5.41) is 0.660. The van der Waals surface area contributed by atoms with Crippen molar-refractivity contribution in [2.45, 2.75) is 18.9 Å². The van der Waals surface area contributed by atoms with Crippen LogP contribution in [0.2, 0.25) is 5.02 Å². The van der Waals surface area contributed by atoms with E-state index in [0.717, 1.165) is 12.0 Å². The number of carbonyl (C=O) groups excluding carboxylic acids is 1. The Kier molecular flexibility index (Phi) is 3.81. The summed E-state index contributed by atoms with van der Waals surface area (Å²) in [4.78, 5) is 23.4. The van der Waals surface area contributed by atoms with Gasteiger partial charge in [-0.3, -0.25) is 4.79 Å². The number of rotatable bonds is 4. The molecule has 0 bridgehead atoms. The standard InChI is InChI=1S/C14H14ClN5O2/c15-8-3-1-2-7(4-8)9-5-10(9)12(21)22-6-11-18-13(16)20-14(17)19-11/h1-4,9-10H,5-6H2,(H4,16,17,18,19,20)/t9-,10+/m1/s1. The SMILES string of the molecule is Nc1nc(N)nc(COC(=O)[C@H]2C[C@@H]2c2cccc(Cl)c2)n1. The summed E-state index contributed by atoms with van der Waals surface area (Å²) in [6.45, 7) is -0.0749. The molecule has 1 aliphatic rings. The van der Waals surface area contributed by atoms with E-state index in [1.165, 1.54) is 0 Å². The fraction of sp³-hybridized carbons (Fsp3) is 0.286. The van der Waals surface area contributed by atoms with Crippen molar-refractivity contribution < 1.29 is 9.53 Å². The van der Waals surface area contributed by atoms with Crippen molar-refractivity contribution in [3.8, 4) is 0 Å². The van der Waals surface area contributed by atoms with Gasteiger partial charge in [-0.15, -0.1) is 0 Å². The second-order valence-corrected chi connectivity index (χ2v) is 5.52. The highest BCUT2D eigenvalue weighted by molar-refractivity contribution is 6.30. The second-order valence-electron chi connectivity index (χ2n) is 5.08. The third kappa shape index (κ3) is 3.25. The zero-order valence-electron chi connectivity index (χ0n) is 11.6. The van der Waals surface area contributed by atoms with Crippen LogP contribution in [-0.4, -0.2) is 20.9 Å². The van der Waals surface area contributed by atoms with Crippen molar-refractivity contribution in [3.05, 3.63) is 40.7 Å². The molecule has 8 heteroatoms. The van der Waals surface area contributed by atoms with E-state index in [1.54, 1.807) is 6.07 Å². The Morgan fingerprint density at radius 2 is 2.00 bits per heavy atom. The predicted molar refractivity (Wildman–Crippen MR) is 80.7 cm³/mol. The molecule has 2 atom stereocenters. The molecule has 7 nitrogen and oxygen atoms in total. The molecule has 1 aliphatic carbocycles. The highest BCUT2D eigenvalue weighted by Crippen LogP contribution is 2.48. The van der Waals surface area contributed by atoms with Crippen LogP contribution in [0.4, 0.5) is 11.9 Å². The zero-order chi connectivity index (χ0) is 15.7. The molecule has 0 spiro atoms. The van der Waals surface area contributed by atoms with Crippen LogP contribution in [0.1, 0.15) is 23.7 Å². The van der Waals surface area contributed by atoms with Gasteiger partial charge in [0.1, 0.15) is 0 Å². The summed E-state index contributed by atoms with van der Waals surface area (Å²) < 4.78 is 5.21. The molecule has 0 aliphatic heterocycles. The number of halogens is 1. The highest BCUT2D eigenvalue weighted by atomic mass is 35.5. The number of anilines is 2. The summed E-state index contributed by atoms with van der Waals surface area (Å²) in [5.41, 5.74) is 12.0. The van der Waals surface area contributed by atoms with Gasteiger partial charge in [0.25, 0.3) is 0 Å². The number of benzene rings is 1. The lowest BCUT2D eigenvalue weighted by molar-refractivity contribution is -0.146. The van der Waals surface area contributed by atoms with E-state index in [9.17, 15) is 4.79 Å². The number of hydrogen-bond donors (Lipinski definition) is 2. The molecule has 1 aromatic carbocycles. The van der Waals surface area contributed by atoms with Crippen LogP contribution >= 0.6 is 11.6 Å². The molecule has 1 fully saturated rings. The first-order chi connectivity index (χ1) is 10.5. The molecule has 114 valence electrons. The van der Waals surface area contributed by atoms with Crippen molar-refractivity contribution in [2.24, 2.45) is 5.92 Å². The van der Waals surface area contributed by atoms with Crippen molar-refractivity contribution in [1.29, 1.82) is 0 Å². The number of ether oxygens (including phenoxy) is 1. The fourth-order valence-corrected chi connectivity index (χ4v) is 2.52. The van der Waals surface area contributed by atoms with E-state index in [1.807, 2.05) is 18.2 Å². The van der Waals surface area contributed by atoms with Gasteiger partial charge in [-0.25, -0.2) is 0 Å². The normalized spacial score (nSPS) is 19.7. The minimum absolute atomic E-state index is 0.00164. The lowest BCUT2D eigenvalue weighted by Crippen LogP contribution is -2.12. The Balaban J connectivity index is 1.57. The maximum Gasteiger partial charge on any atom is 0.310 e. The van der Waals surface area contributed by atoms with E-state index in [4.69, 9.17) is 27.8 Å². The van der Waals surface area contributed by atoms with Crippen LogP contribution in [0.15, 0.2) is 24.3 Å². The average Bonchev–Trinajstić information content (AvgIpc) is 3.24. The first kappa shape index (κ1) is 14.5. The van der Waals surface area contributed by atoms with Gasteiger partial charge in [0.2, 0.25) is 11.9 Å². The summed E-state index contributed by atoms with van der Waals surface area (Å²) in [6.07, 6.45) is 0.751. The van der Waals surface area contributed by atoms with Crippen LogP contribution in [0.5, 0.6) is 0 Å². The molecular weight excluding hydrogens is 306 g/mol. The minimum Gasteiger partial charge on any atom is -0.457 e. The van der Waals surface area contributed by atoms with Gasteiger partial charge in [-0.05, 0) is 30.0 Å². The number of esters is 1. The number of aromatic nitrogens is 3. The Labute approximate surface area is 131 Å². The zero-order valence-corrected chi connectivity index (χ0v) is 12.3. The van der Waals surface area contributed by atoms with Crippen molar-refractivity contribution >= 4 is 29.5 Å². The average molecular weight is 320 g/mol. The molecule has 3 rings (SSSR count). The van der Waals surface area contributed by atoms with Crippen LogP contribution in [0, 0.1) is 5.92 Å². The molecule has 1 saturated carbocycles. The van der Waals surface area contributed by atoms with E-state index < -0.39 is 0 Å². The Bertz CT molecular complexity index is 704. The van der Waals surface area contributed by atoms with E-state index in [-0.39, 0.29) is 42.1 Å². The Hall–Kier alpha value is -2.41. The maximum absolute atomic E-state index is 12.0. The Morgan fingerprint density at radius 3 is 2.68 bits per heavy atom. The van der Waals surface area contributed by atoms with Gasteiger partial charge in [0, 0.05) is 5.02 Å². The summed E-state index contributed by atoms with van der Waals surface area (Å²) in [6, 6.07) is 7.50. The molecule has 0 saturated heterocycles. The molecule has 1 aromatic heterocycles. The quantitative estimate of drug-likeness (QED) is 0.821. The van der Waals surface area contributed by atoms with E-state index in [0.29, 0.717) is 5.02 Å². The number of carbonyl (C=O) groups is 1. The summed E-state index contributed by atoms with van der Waals surface area (Å²) >= 11 is 5.95. The van der Waals surface area contributed by atoms with Crippen LogP contribution in [0.3, 0.4) is 0 Å². The maximum atomic E-state index is 12.0. The lowest BCUT2D eigenvalue weighted by Gasteiger charge is -2.05. The van der Waals surface area contributed by atoms with Crippen LogP contribution in [0.25, 0.3) is 0 Å². The van der Waals surface area contributed by atoms with Gasteiger partial charge in [0.15, 0.2) is 12.4 Å². The van der Waals surface area contributed by atoms with Crippen molar-refractivity contribution in [1.82, 2.24) is 15.0 Å². The number of hydrogen-bond acceptors (Lipinski definition) is 7. The monoisotopic (exact) mass is 319 g/mol. The summed E-state index contributed by atoms with van der Waals surface area (Å²) in [7, 11) is 0. The van der Waals surface area contributed by atoms with Gasteiger partial charge in [-0.2, -0.15) is 15.0 Å². The predicted octanol–water partition coefficient (Wildman–Crippen LogP) is 1.54. The van der Waals surface area contributed by atoms with Crippen LogP contribution in [-0.2, 0) is 16.1 Å². The first-order valence-corrected chi connectivity index (χ1v) is 7.08. The number of nitrogens with two attached hydrogens (primary N) is 2. The molecule has 2 aromatic rings. The highest BCUT2D eigenvalue weighted by Gasteiger charge is 2.45. The third-order valence-corrected chi connectivity index (χ3v) is 3.66. The summed E-state index contributed by atoms with van der Waals surface area (Å²) in [5.74, 6) is -0.0564. The second kappa shape index (κ2) is 5.76. The molecule has 1 heterocycles. The number of nitrogen functional groups attached to an aromatic ring is 2. The van der Waals surface area contributed by atoms with E-state index in [2.05, 4.69) is 15.0 Å². The van der Waals surface area contributed by atoms with E-state index >= 15 is 0 Å². The van der Waals surface area contributed by atoms with Gasteiger partial charge in [0.05, 0.1) is 5.92 Å². The molecule has 0 radical (unpaired) electrons. The largest absolute Gasteiger partial charge is 0.457 e. The molecule has 4 N–H and O–H groups in total. The fourth-order valence-electron chi connectivity index (χ4n) is 2.33. The lowest BCUT2D eigenvalue weighted by atomic mass is 10.1. The number of nitrogens with zero attached hydrogens (tertiary/aromatic N) is 3. The molecule has 0 unspecified atom stereocenters. The smallest absolute Gasteiger partial charge is 0.310 e. The van der Waals surface area contributed by atoms with Crippen LogP contribution < -0.4 is 11.5 Å². The van der Waals surface area contributed by atoms with Crippen molar-refractivity contribution in [2.75, 3.05) is 11.5 Å². The topological polar surface area (TPSA) is 117 Å². The molecule has 0 amide bonds. The third-order valence-electron chi connectivity index (χ3n) is 3.43. The van der Waals surface area contributed by atoms with Gasteiger partial charge >= 0.3 is 5.97 Å². The van der Waals surface area contributed by atoms with Gasteiger partial charge in [-0.1, -0.05) is 23.7 Å². The first-order valence-electron chi connectivity index (χ1n) is 6.71. The van der Waals surface area contributed by atoms with Gasteiger partial charge < -0.3 is 16.2 Å². The molecule has 22 heavy (non-hydrogen) atoms.